The predicted molar refractivity (Wildman–Crippen MR) is 71.8 cm³/mol. The molecule has 0 saturated carbocycles. The van der Waals surface area contributed by atoms with Gasteiger partial charge in [-0.05, 0) is 45.7 Å². The van der Waals surface area contributed by atoms with Gasteiger partial charge >= 0.3 is 0 Å². The van der Waals surface area contributed by atoms with Crippen LogP contribution in [-0.4, -0.2) is 47.8 Å². The van der Waals surface area contributed by atoms with E-state index in [4.69, 9.17) is 0 Å². The maximum Gasteiger partial charge on any atom is 0.0586 e. The van der Waals surface area contributed by atoms with E-state index < -0.39 is 0 Å². The van der Waals surface area contributed by atoms with E-state index in [0.717, 1.165) is 6.54 Å². The molecule has 2 N–H and O–H groups in total. The molecule has 16 heavy (non-hydrogen) atoms. The van der Waals surface area contributed by atoms with E-state index in [0.29, 0.717) is 24.7 Å². The van der Waals surface area contributed by atoms with E-state index in [1.807, 2.05) is 0 Å². The van der Waals surface area contributed by atoms with Crippen molar-refractivity contribution < 1.29 is 5.11 Å². The number of aliphatic hydroxyl groups excluding tert-OH is 1. The molecule has 2 saturated heterocycles. The van der Waals surface area contributed by atoms with Crippen LogP contribution < -0.4 is 5.32 Å². The zero-order valence-electron chi connectivity index (χ0n) is 9.89. The van der Waals surface area contributed by atoms with Crippen molar-refractivity contribution in [1.82, 2.24) is 10.2 Å². The summed E-state index contributed by atoms with van der Waals surface area (Å²) < 4.78 is 0. The van der Waals surface area contributed by atoms with Crippen LogP contribution in [0.4, 0.5) is 0 Å². The number of hydrogen-bond donors (Lipinski definition) is 2. The molecule has 2 aliphatic heterocycles. The number of halogens is 2. The van der Waals surface area contributed by atoms with Gasteiger partial charge in [0.25, 0.3) is 0 Å². The second-order valence-corrected chi connectivity index (χ2v) is 4.75. The molecule has 3 unspecified atom stereocenters. The summed E-state index contributed by atoms with van der Waals surface area (Å²) in [5.74, 6) is 0. The molecule has 0 aromatic heterocycles. The minimum absolute atomic E-state index is 0. The average Bonchev–Trinajstić information content (AvgIpc) is 2.65. The van der Waals surface area contributed by atoms with Gasteiger partial charge in [-0.3, -0.25) is 4.90 Å². The van der Waals surface area contributed by atoms with Crippen molar-refractivity contribution >= 4 is 24.8 Å². The Balaban J connectivity index is 0.00000112. The Morgan fingerprint density at radius 1 is 1.31 bits per heavy atom. The van der Waals surface area contributed by atoms with Gasteiger partial charge in [0.1, 0.15) is 0 Å². The van der Waals surface area contributed by atoms with Crippen LogP contribution >= 0.6 is 24.8 Å². The number of aliphatic hydroxyl groups is 1. The summed E-state index contributed by atoms with van der Waals surface area (Å²) in [4.78, 5) is 2.54. The van der Waals surface area contributed by atoms with Crippen LogP contribution in [0.1, 0.15) is 32.6 Å². The third-order valence-corrected chi connectivity index (χ3v) is 3.70. The molecule has 0 radical (unpaired) electrons. The molecule has 0 amide bonds. The number of piperidine rings is 1. The van der Waals surface area contributed by atoms with Crippen LogP contribution in [-0.2, 0) is 0 Å². The van der Waals surface area contributed by atoms with Crippen molar-refractivity contribution in [2.45, 2.75) is 50.7 Å². The smallest absolute Gasteiger partial charge is 0.0586 e. The number of nitrogens with zero attached hydrogens (tertiary/aromatic N) is 1. The lowest BCUT2D eigenvalue weighted by Crippen LogP contribution is -2.49. The monoisotopic (exact) mass is 270 g/mol. The van der Waals surface area contributed by atoms with Crippen LogP contribution in [0.5, 0.6) is 0 Å². The van der Waals surface area contributed by atoms with Crippen LogP contribution in [0.2, 0.25) is 0 Å². The molecule has 0 aromatic rings. The quantitative estimate of drug-likeness (QED) is 0.797. The highest BCUT2D eigenvalue weighted by molar-refractivity contribution is 5.85. The molecule has 0 aromatic carbocycles. The highest BCUT2D eigenvalue weighted by atomic mass is 35.5. The van der Waals surface area contributed by atoms with E-state index in [1.165, 1.54) is 32.2 Å². The van der Waals surface area contributed by atoms with Gasteiger partial charge in [-0.2, -0.15) is 0 Å². The number of hydrogen-bond acceptors (Lipinski definition) is 3. The SMILES string of the molecule is CC1CC(N2CCCC2CO)CCN1.Cl.Cl. The van der Waals surface area contributed by atoms with Gasteiger partial charge in [0, 0.05) is 18.1 Å². The van der Waals surface area contributed by atoms with Crippen LogP contribution in [0.25, 0.3) is 0 Å². The third kappa shape index (κ3) is 3.74. The summed E-state index contributed by atoms with van der Waals surface area (Å²) in [5, 5.41) is 12.8. The Labute approximate surface area is 111 Å². The zero-order chi connectivity index (χ0) is 9.97. The lowest BCUT2D eigenvalue weighted by Gasteiger charge is -2.37. The van der Waals surface area contributed by atoms with Gasteiger partial charge in [0.15, 0.2) is 0 Å². The molecule has 3 atom stereocenters. The highest BCUT2D eigenvalue weighted by Crippen LogP contribution is 2.25. The molecule has 2 rings (SSSR count). The Morgan fingerprint density at radius 3 is 2.69 bits per heavy atom. The molecule has 2 heterocycles. The molecule has 3 nitrogen and oxygen atoms in total. The molecule has 2 fully saturated rings. The third-order valence-electron chi connectivity index (χ3n) is 3.70. The predicted octanol–water partition coefficient (Wildman–Crippen LogP) is 1.43. The van der Waals surface area contributed by atoms with Gasteiger partial charge in [0.05, 0.1) is 6.61 Å². The van der Waals surface area contributed by atoms with E-state index in [9.17, 15) is 5.11 Å². The molecule has 0 bridgehead atoms. The molecular formula is C11H24Cl2N2O. The fraction of sp³-hybridized carbons (Fsp3) is 1.00. The maximum atomic E-state index is 9.28. The van der Waals surface area contributed by atoms with Crippen LogP contribution in [0.15, 0.2) is 0 Å². The van der Waals surface area contributed by atoms with Gasteiger partial charge < -0.3 is 10.4 Å². The van der Waals surface area contributed by atoms with Crippen molar-refractivity contribution in [2.75, 3.05) is 19.7 Å². The van der Waals surface area contributed by atoms with Crippen molar-refractivity contribution in [3.05, 3.63) is 0 Å². The minimum Gasteiger partial charge on any atom is -0.395 e. The van der Waals surface area contributed by atoms with Crippen LogP contribution in [0.3, 0.4) is 0 Å². The van der Waals surface area contributed by atoms with E-state index >= 15 is 0 Å². The van der Waals surface area contributed by atoms with Crippen molar-refractivity contribution in [3.8, 4) is 0 Å². The molecule has 0 spiro atoms. The minimum atomic E-state index is 0. The average molecular weight is 271 g/mol. The summed E-state index contributed by atoms with van der Waals surface area (Å²) in [7, 11) is 0. The lowest BCUT2D eigenvalue weighted by atomic mass is 9.98. The Bertz CT molecular complexity index is 195. The first-order valence-corrected chi connectivity index (χ1v) is 5.91. The highest BCUT2D eigenvalue weighted by Gasteiger charge is 2.32. The molecule has 0 aliphatic carbocycles. The first-order valence-electron chi connectivity index (χ1n) is 5.91. The first kappa shape index (κ1) is 16.5. The Hall–Kier alpha value is 0.460. The van der Waals surface area contributed by atoms with Gasteiger partial charge in [-0.25, -0.2) is 0 Å². The fourth-order valence-corrected chi connectivity index (χ4v) is 2.94. The van der Waals surface area contributed by atoms with E-state index in [2.05, 4.69) is 17.1 Å². The molecule has 98 valence electrons. The van der Waals surface area contributed by atoms with E-state index in [-0.39, 0.29) is 24.8 Å². The summed E-state index contributed by atoms with van der Waals surface area (Å²) in [5.41, 5.74) is 0. The van der Waals surface area contributed by atoms with Crippen molar-refractivity contribution in [3.63, 3.8) is 0 Å². The molecule has 5 heteroatoms. The van der Waals surface area contributed by atoms with Crippen molar-refractivity contribution in [1.29, 1.82) is 0 Å². The summed E-state index contributed by atoms with van der Waals surface area (Å²) in [6.45, 7) is 4.94. The Morgan fingerprint density at radius 2 is 2.06 bits per heavy atom. The second kappa shape index (κ2) is 7.72. The molecular weight excluding hydrogens is 247 g/mol. The molecule has 2 aliphatic rings. The standard InChI is InChI=1S/C11H22N2O.2ClH/c1-9-7-10(4-5-12-9)13-6-2-3-11(13)8-14;;/h9-12,14H,2-8H2,1H3;2*1H. The fourth-order valence-electron chi connectivity index (χ4n) is 2.94. The van der Waals surface area contributed by atoms with Crippen molar-refractivity contribution in [2.24, 2.45) is 0 Å². The van der Waals surface area contributed by atoms with E-state index in [1.54, 1.807) is 0 Å². The topological polar surface area (TPSA) is 35.5 Å². The second-order valence-electron chi connectivity index (χ2n) is 4.75. The van der Waals surface area contributed by atoms with Gasteiger partial charge in [-0.15, -0.1) is 24.8 Å². The summed E-state index contributed by atoms with van der Waals surface area (Å²) in [6, 6.07) is 1.81. The largest absolute Gasteiger partial charge is 0.395 e. The number of nitrogens with one attached hydrogen (secondary N) is 1. The van der Waals surface area contributed by atoms with Gasteiger partial charge in [0.2, 0.25) is 0 Å². The summed E-state index contributed by atoms with van der Waals surface area (Å²) in [6.07, 6.45) is 4.95. The van der Waals surface area contributed by atoms with Crippen LogP contribution in [0, 0.1) is 0 Å². The maximum absolute atomic E-state index is 9.28. The lowest BCUT2D eigenvalue weighted by molar-refractivity contribution is 0.0934. The zero-order valence-corrected chi connectivity index (χ0v) is 11.5. The Kier molecular flexibility index (Phi) is 7.94. The first-order chi connectivity index (χ1) is 6.81. The normalized spacial score (nSPS) is 35.2. The number of likely N-dealkylation sites (tertiary alicyclic amines) is 1. The van der Waals surface area contributed by atoms with Gasteiger partial charge in [-0.1, -0.05) is 0 Å². The summed E-state index contributed by atoms with van der Waals surface area (Å²) >= 11 is 0. The number of rotatable bonds is 2.